The lowest BCUT2D eigenvalue weighted by Crippen LogP contribution is -1.98. The van der Waals surface area contributed by atoms with Crippen molar-refractivity contribution < 1.29 is 9.47 Å². The van der Waals surface area contributed by atoms with E-state index in [1.54, 1.807) is 12.1 Å². The van der Waals surface area contributed by atoms with Gasteiger partial charge in [-0.3, -0.25) is 0 Å². The maximum Gasteiger partial charge on any atom is 0.157 e. The number of hydrogen-bond acceptors (Lipinski definition) is 2. The van der Waals surface area contributed by atoms with E-state index >= 15 is 0 Å². The molecule has 1 aromatic carbocycles. The summed E-state index contributed by atoms with van der Waals surface area (Å²) in [4.78, 5) is 0. The van der Waals surface area contributed by atoms with E-state index < -0.39 is 0 Å². The third-order valence-corrected chi connectivity index (χ3v) is 3.10. The van der Waals surface area contributed by atoms with Gasteiger partial charge in [0.15, 0.2) is 5.75 Å². The maximum atomic E-state index is 6.05. The van der Waals surface area contributed by atoms with Crippen LogP contribution < -0.4 is 9.47 Å². The summed E-state index contributed by atoms with van der Waals surface area (Å²) in [5.41, 5.74) is 0. The van der Waals surface area contributed by atoms with Gasteiger partial charge in [0, 0.05) is 12.1 Å². The lowest BCUT2D eigenvalue weighted by Gasteiger charge is -2.11. The molecule has 0 aliphatic heterocycles. The molecule has 0 heterocycles. The van der Waals surface area contributed by atoms with Gasteiger partial charge >= 0.3 is 0 Å². The SMILES string of the molecule is ClC(Cl)=CCOc1cc(Cl)c(OCC=C(Cl)Cl)c(Cl)c1. The van der Waals surface area contributed by atoms with Crippen molar-refractivity contribution in [2.45, 2.75) is 0 Å². The molecule has 1 rings (SSSR count). The first-order chi connectivity index (χ1) is 9.40. The summed E-state index contributed by atoms with van der Waals surface area (Å²) in [7, 11) is 0. The van der Waals surface area contributed by atoms with Gasteiger partial charge in [-0.05, 0) is 12.2 Å². The number of hydrogen-bond donors (Lipinski definition) is 0. The highest BCUT2D eigenvalue weighted by molar-refractivity contribution is 6.56. The molecule has 0 aliphatic rings. The highest BCUT2D eigenvalue weighted by Crippen LogP contribution is 2.37. The minimum Gasteiger partial charge on any atom is -0.489 e. The smallest absolute Gasteiger partial charge is 0.157 e. The van der Waals surface area contributed by atoms with E-state index in [2.05, 4.69) is 0 Å². The van der Waals surface area contributed by atoms with E-state index in [-0.39, 0.29) is 22.2 Å². The van der Waals surface area contributed by atoms with Crippen LogP contribution in [0, 0.1) is 0 Å². The van der Waals surface area contributed by atoms with Gasteiger partial charge in [-0.1, -0.05) is 69.6 Å². The van der Waals surface area contributed by atoms with Gasteiger partial charge in [0.1, 0.15) is 27.9 Å². The highest BCUT2D eigenvalue weighted by atomic mass is 35.5. The molecule has 0 saturated carbocycles. The Bertz CT molecular complexity index is 496. The van der Waals surface area contributed by atoms with Gasteiger partial charge in [-0.2, -0.15) is 0 Å². The van der Waals surface area contributed by atoms with Crippen molar-refractivity contribution in [2.75, 3.05) is 13.2 Å². The molecular weight excluding hydrogens is 389 g/mol. The third-order valence-electron chi connectivity index (χ3n) is 1.92. The quantitative estimate of drug-likeness (QED) is 0.554. The van der Waals surface area contributed by atoms with Crippen LogP contribution in [0.5, 0.6) is 11.5 Å². The predicted octanol–water partition coefficient (Wildman–Crippen LogP) is 6.39. The van der Waals surface area contributed by atoms with Crippen molar-refractivity contribution in [3.05, 3.63) is 43.3 Å². The minimum atomic E-state index is 0.0990. The first-order valence-electron chi connectivity index (χ1n) is 5.17. The fourth-order valence-corrected chi connectivity index (χ4v) is 1.97. The summed E-state index contributed by atoms with van der Waals surface area (Å²) >= 11 is 33.9. The summed E-state index contributed by atoms with van der Waals surface area (Å²) in [6.45, 7) is 0.340. The Balaban J connectivity index is 2.75. The molecule has 0 radical (unpaired) electrons. The number of benzene rings is 1. The molecule has 0 N–H and O–H groups in total. The predicted molar refractivity (Wildman–Crippen MR) is 87.0 cm³/mol. The van der Waals surface area contributed by atoms with Crippen molar-refractivity contribution in [2.24, 2.45) is 0 Å². The van der Waals surface area contributed by atoms with E-state index in [0.717, 1.165) is 0 Å². The first-order valence-corrected chi connectivity index (χ1v) is 7.44. The van der Waals surface area contributed by atoms with Gasteiger partial charge in [0.05, 0.1) is 10.0 Å². The zero-order chi connectivity index (χ0) is 15.1. The van der Waals surface area contributed by atoms with E-state index in [0.29, 0.717) is 21.5 Å². The van der Waals surface area contributed by atoms with Gasteiger partial charge in [0.25, 0.3) is 0 Å². The number of halogens is 6. The molecule has 1 aromatic rings. The molecule has 0 bridgehead atoms. The summed E-state index contributed by atoms with van der Waals surface area (Å²) in [5, 5.41) is 0.597. The summed E-state index contributed by atoms with van der Waals surface area (Å²) in [6, 6.07) is 3.12. The normalized spacial score (nSPS) is 9.90. The second-order valence-electron chi connectivity index (χ2n) is 3.33. The Kier molecular flexibility index (Phi) is 8.27. The third kappa shape index (κ3) is 6.66. The van der Waals surface area contributed by atoms with Crippen LogP contribution >= 0.6 is 69.6 Å². The lowest BCUT2D eigenvalue weighted by atomic mass is 10.3. The van der Waals surface area contributed by atoms with Crippen molar-refractivity contribution in [1.29, 1.82) is 0 Å². The zero-order valence-electron chi connectivity index (χ0n) is 9.81. The Morgan fingerprint density at radius 2 is 1.30 bits per heavy atom. The van der Waals surface area contributed by atoms with E-state index in [9.17, 15) is 0 Å². The van der Waals surface area contributed by atoms with E-state index in [1.807, 2.05) is 0 Å². The maximum absolute atomic E-state index is 6.05. The van der Waals surface area contributed by atoms with Crippen LogP contribution in [0.2, 0.25) is 10.0 Å². The summed E-state index contributed by atoms with van der Waals surface area (Å²) < 4.78 is 10.9. The van der Waals surface area contributed by atoms with Crippen molar-refractivity contribution in [3.63, 3.8) is 0 Å². The Hall–Kier alpha value is 0.0400. The standard InChI is InChI=1S/C12H8Cl6O2/c13-8-5-7(19-3-1-10(15)16)6-9(14)12(8)20-4-2-11(17)18/h1-2,5-6H,3-4H2. The number of rotatable bonds is 6. The van der Waals surface area contributed by atoms with Crippen molar-refractivity contribution >= 4 is 69.6 Å². The second kappa shape index (κ2) is 9.14. The minimum absolute atomic E-state index is 0.0990. The van der Waals surface area contributed by atoms with Crippen LogP contribution in [0.1, 0.15) is 0 Å². The van der Waals surface area contributed by atoms with Crippen LogP contribution in [-0.2, 0) is 0 Å². The summed E-state index contributed by atoms with van der Waals surface area (Å²) in [5.74, 6) is 0.779. The van der Waals surface area contributed by atoms with Crippen LogP contribution in [0.4, 0.5) is 0 Å². The molecule has 0 fully saturated rings. The van der Waals surface area contributed by atoms with Crippen LogP contribution in [0.3, 0.4) is 0 Å². The largest absolute Gasteiger partial charge is 0.489 e. The molecule has 0 spiro atoms. The van der Waals surface area contributed by atoms with Gasteiger partial charge in [-0.25, -0.2) is 0 Å². The molecule has 0 saturated heterocycles. The van der Waals surface area contributed by atoms with Crippen molar-refractivity contribution in [3.8, 4) is 11.5 Å². The molecule has 20 heavy (non-hydrogen) atoms. The molecule has 0 amide bonds. The fraction of sp³-hybridized carbons (Fsp3) is 0.167. The summed E-state index contributed by atoms with van der Waals surface area (Å²) in [6.07, 6.45) is 2.95. The Labute approximate surface area is 146 Å². The average molecular weight is 397 g/mol. The lowest BCUT2D eigenvalue weighted by molar-refractivity contribution is 0.353. The van der Waals surface area contributed by atoms with E-state index in [4.69, 9.17) is 79.1 Å². The average Bonchev–Trinajstić information content (AvgIpc) is 2.32. The molecule has 0 atom stereocenters. The van der Waals surface area contributed by atoms with Gasteiger partial charge in [0.2, 0.25) is 0 Å². The van der Waals surface area contributed by atoms with Gasteiger partial charge < -0.3 is 9.47 Å². The monoisotopic (exact) mass is 394 g/mol. The second-order valence-corrected chi connectivity index (χ2v) is 6.16. The van der Waals surface area contributed by atoms with Crippen LogP contribution in [0.25, 0.3) is 0 Å². The number of ether oxygens (including phenoxy) is 2. The zero-order valence-corrected chi connectivity index (χ0v) is 14.3. The molecule has 2 nitrogen and oxygen atoms in total. The molecule has 0 aliphatic carbocycles. The molecule has 0 unspecified atom stereocenters. The Morgan fingerprint density at radius 1 is 0.850 bits per heavy atom. The molecule has 8 heteroatoms. The Morgan fingerprint density at radius 3 is 1.75 bits per heavy atom. The van der Waals surface area contributed by atoms with Crippen LogP contribution in [-0.4, -0.2) is 13.2 Å². The van der Waals surface area contributed by atoms with E-state index in [1.165, 1.54) is 12.2 Å². The highest BCUT2D eigenvalue weighted by Gasteiger charge is 2.10. The molecule has 110 valence electrons. The van der Waals surface area contributed by atoms with Crippen LogP contribution in [0.15, 0.2) is 33.3 Å². The molecular formula is C12H8Cl6O2. The fourth-order valence-electron chi connectivity index (χ4n) is 1.15. The van der Waals surface area contributed by atoms with Gasteiger partial charge in [-0.15, -0.1) is 0 Å². The first kappa shape index (κ1) is 18.1. The topological polar surface area (TPSA) is 18.5 Å². The van der Waals surface area contributed by atoms with Crippen molar-refractivity contribution in [1.82, 2.24) is 0 Å². The molecule has 0 aromatic heterocycles.